The zero-order valence-electron chi connectivity index (χ0n) is 11.4. The highest BCUT2D eigenvalue weighted by Gasteiger charge is 2.24. The van der Waals surface area contributed by atoms with Gasteiger partial charge in [-0.05, 0) is 36.0 Å². The number of hydrogen-bond acceptors (Lipinski definition) is 3. The summed E-state index contributed by atoms with van der Waals surface area (Å²) in [6.07, 6.45) is 1.60. The molecule has 2 aromatic heterocycles. The number of nitrogens with zero attached hydrogens (tertiary/aromatic N) is 1. The second-order valence-electron chi connectivity index (χ2n) is 4.87. The number of fused-ring (bicyclic) bond motifs is 1. The molecule has 2 N–H and O–H groups in total. The summed E-state index contributed by atoms with van der Waals surface area (Å²) in [5, 5.41) is 16.9. The smallest absolute Gasteiger partial charge is 0.0949 e. The molecule has 3 nitrogen and oxygen atoms in total. The molecule has 20 heavy (non-hydrogen) atoms. The van der Waals surface area contributed by atoms with Crippen molar-refractivity contribution < 1.29 is 5.11 Å². The number of aliphatic hydroxyl groups excluding tert-OH is 1. The molecule has 4 heteroatoms. The lowest BCUT2D eigenvalue weighted by molar-refractivity contribution is 0.134. The summed E-state index contributed by atoms with van der Waals surface area (Å²) >= 11 is 1.68. The zero-order valence-corrected chi connectivity index (χ0v) is 12.2. The molecule has 0 saturated carbocycles. The van der Waals surface area contributed by atoms with E-state index in [1.165, 1.54) is 10.3 Å². The molecule has 2 unspecified atom stereocenters. The van der Waals surface area contributed by atoms with E-state index in [2.05, 4.69) is 45.7 Å². The van der Waals surface area contributed by atoms with Gasteiger partial charge < -0.3 is 15.0 Å². The predicted molar refractivity (Wildman–Crippen MR) is 84.3 cm³/mol. The summed E-state index contributed by atoms with van der Waals surface area (Å²) in [6, 6.07) is 14.4. The number of rotatable bonds is 5. The van der Waals surface area contributed by atoms with Crippen LogP contribution in [0.1, 0.15) is 10.9 Å². The summed E-state index contributed by atoms with van der Waals surface area (Å²) in [6.45, 7) is 0.565. The molecule has 104 valence electrons. The first kappa shape index (κ1) is 13.4. The molecule has 0 fully saturated rings. The largest absolute Gasteiger partial charge is 0.389 e. The molecule has 0 aliphatic heterocycles. The fourth-order valence-electron chi connectivity index (χ4n) is 2.64. The molecule has 0 amide bonds. The first-order valence-electron chi connectivity index (χ1n) is 6.73. The molecule has 0 aliphatic carbocycles. The molecule has 0 spiro atoms. The third-order valence-electron chi connectivity index (χ3n) is 3.54. The van der Waals surface area contributed by atoms with Crippen LogP contribution < -0.4 is 5.32 Å². The lowest BCUT2D eigenvalue weighted by Crippen LogP contribution is -2.32. The van der Waals surface area contributed by atoms with Gasteiger partial charge in [-0.15, -0.1) is 11.3 Å². The molecule has 0 saturated heterocycles. The molecule has 1 aromatic carbocycles. The number of para-hydroxylation sites is 1. The maximum absolute atomic E-state index is 10.5. The molecule has 0 bridgehead atoms. The summed E-state index contributed by atoms with van der Waals surface area (Å²) in [5.74, 6) is 0. The topological polar surface area (TPSA) is 37.2 Å². The summed E-state index contributed by atoms with van der Waals surface area (Å²) in [4.78, 5) is 1.18. The van der Waals surface area contributed by atoms with E-state index in [1.807, 2.05) is 25.2 Å². The Morgan fingerprint density at radius 1 is 1.20 bits per heavy atom. The molecule has 3 rings (SSSR count). The lowest BCUT2D eigenvalue weighted by atomic mass is 10.1. The van der Waals surface area contributed by atoms with Crippen LogP contribution in [0.15, 0.2) is 54.0 Å². The number of thiophene rings is 1. The highest BCUT2D eigenvalue weighted by atomic mass is 32.1. The van der Waals surface area contributed by atoms with Crippen molar-refractivity contribution >= 4 is 22.2 Å². The normalized spacial score (nSPS) is 14.5. The summed E-state index contributed by atoms with van der Waals surface area (Å²) < 4.78 is 2.17. The zero-order chi connectivity index (χ0) is 13.9. The van der Waals surface area contributed by atoms with Gasteiger partial charge in [-0.3, -0.25) is 0 Å². The number of aromatic nitrogens is 1. The van der Waals surface area contributed by atoms with E-state index >= 15 is 0 Å². The van der Waals surface area contributed by atoms with Gasteiger partial charge >= 0.3 is 0 Å². The van der Waals surface area contributed by atoms with Crippen molar-refractivity contribution in [3.63, 3.8) is 0 Å². The van der Waals surface area contributed by atoms with Gasteiger partial charge in [0.05, 0.1) is 12.1 Å². The van der Waals surface area contributed by atoms with Crippen molar-refractivity contribution in [1.29, 1.82) is 0 Å². The first-order chi connectivity index (χ1) is 9.81. The quantitative estimate of drug-likeness (QED) is 0.757. The molecule has 2 atom stereocenters. The Labute approximate surface area is 122 Å². The molecular formula is C16H18N2OS. The fraction of sp³-hybridized carbons (Fsp3) is 0.250. The van der Waals surface area contributed by atoms with E-state index in [9.17, 15) is 5.11 Å². The van der Waals surface area contributed by atoms with Crippen LogP contribution in [-0.2, 0) is 0 Å². The number of nitrogens with one attached hydrogen (secondary N) is 1. The van der Waals surface area contributed by atoms with Crippen molar-refractivity contribution in [3.8, 4) is 0 Å². The monoisotopic (exact) mass is 286 g/mol. The maximum Gasteiger partial charge on any atom is 0.0949 e. The Kier molecular flexibility index (Phi) is 3.87. The maximum atomic E-state index is 10.5. The molecule has 0 radical (unpaired) electrons. The van der Waals surface area contributed by atoms with E-state index in [-0.39, 0.29) is 6.04 Å². The van der Waals surface area contributed by atoms with Gasteiger partial charge in [0.15, 0.2) is 0 Å². The van der Waals surface area contributed by atoms with Crippen molar-refractivity contribution in [2.45, 2.75) is 12.1 Å². The van der Waals surface area contributed by atoms with Gasteiger partial charge in [-0.25, -0.2) is 0 Å². The number of benzene rings is 1. The highest BCUT2D eigenvalue weighted by Crippen LogP contribution is 2.30. The Hall–Kier alpha value is -1.62. The Bertz CT molecular complexity index is 675. The SMILES string of the molecule is CNCC(O)C(c1cccs1)n1ccc2ccccc21. The second kappa shape index (κ2) is 5.79. The van der Waals surface area contributed by atoms with E-state index in [0.29, 0.717) is 6.54 Å². The van der Waals surface area contributed by atoms with Crippen LogP contribution >= 0.6 is 11.3 Å². The Balaban J connectivity index is 2.09. The molecular weight excluding hydrogens is 268 g/mol. The van der Waals surface area contributed by atoms with Crippen molar-refractivity contribution in [1.82, 2.24) is 9.88 Å². The van der Waals surface area contributed by atoms with Crippen molar-refractivity contribution in [3.05, 3.63) is 58.9 Å². The Morgan fingerprint density at radius 3 is 2.80 bits per heavy atom. The average molecular weight is 286 g/mol. The minimum Gasteiger partial charge on any atom is -0.389 e. The van der Waals surface area contributed by atoms with Crippen LogP contribution in [-0.4, -0.2) is 29.4 Å². The highest BCUT2D eigenvalue weighted by molar-refractivity contribution is 7.10. The minimum absolute atomic E-state index is 0.0534. The number of likely N-dealkylation sites (N-methyl/N-ethyl adjacent to an activating group) is 1. The van der Waals surface area contributed by atoms with Gasteiger partial charge in [-0.2, -0.15) is 0 Å². The molecule has 3 aromatic rings. The lowest BCUT2D eigenvalue weighted by Gasteiger charge is -2.24. The Morgan fingerprint density at radius 2 is 2.05 bits per heavy atom. The third kappa shape index (κ3) is 2.38. The van der Waals surface area contributed by atoms with Gasteiger partial charge in [0.1, 0.15) is 0 Å². The van der Waals surface area contributed by atoms with Crippen LogP contribution in [0.5, 0.6) is 0 Å². The van der Waals surface area contributed by atoms with Crippen LogP contribution in [0.25, 0.3) is 10.9 Å². The van der Waals surface area contributed by atoms with E-state index in [4.69, 9.17) is 0 Å². The summed E-state index contributed by atoms with van der Waals surface area (Å²) in [5.41, 5.74) is 1.15. The standard InChI is InChI=1S/C16H18N2OS/c1-17-11-14(19)16(15-7-4-10-20-15)18-9-8-12-5-2-3-6-13(12)18/h2-10,14,16-17,19H,11H2,1H3. The van der Waals surface area contributed by atoms with Crippen LogP contribution in [0.2, 0.25) is 0 Å². The molecule has 2 heterocycles. The third-order valence-corrected chi connectivity index (χ3v) is 4.48. The second-order valence-corrected chi connectivity index (χ2v) is 5.85. The van der Waals surface area contributed by atoms with Crippen molar-refractivity contribution in [2.24, 2.45) is 0 Å². The average Bonchev–Trinajstić information content (AvgIpc) is 3.10. The van der Waals surface area contributed by atoms with Crippen LogP contribution in [0, 0.1) is 0 Å². The number of aliphatic hydroxyl groups is 1. The van der Waals surface area contributed by atoms with Gasteiger partial charge in [-0.1, -0.05) is 24.3 Å². The van der Waals surface area contributed by atoms with E-state index < -0.39 is 6.10 Å². The van der Waals surface area contributed by atoms with Crippen LogP contribution in [0.4, 0.5) is 0 Å². The number of hydrogen-bond donors (Lipinski definition) is 2. The predicted octanol–water partition coefficient (Wildman–Crippen LogP) is 2.87. The van der Waals surface area contributed by atoms with E-state index in [1.54, 1.807) is 11.3 Å². The summed E-state index contributed by atoms with van der Waals surface area (Å²) in [7, 11) is 1.86. The van der Waals surface area contributed by atoms with Gasteiger partial charge in [0.2, 0.25) is 0 Å². The first-order valence-corrected chi connectivity index (χ1v) is 7.61. The van der Waals surface area contributed by atoms with Crippen LogP contribution in [0.3, 0.4) is 0 Å². The van der Waals surface area contributed by atoms with E-state index in [0.717, 1.165) is 5.52 Å². The molecule has 0 aliphatic rings. The van der Waals surface area contributed by atoms with Gasteiger partial charge in [0.25, 0.3) is 0 Å². The van der Waals surface area contributed by atoms with Crippen molar-refractivity contribution in [2.75, 3.05) is 13.6 Å². The minimum atomic E-state index is -0.463. The van der Waals surface area contributed by atoms with Gasteiger partial charge in [0, 0.05) is 23.1 Å². The fourth-order valence-corrected chi connectivity index (χ4v) is 3.52.